The number of aliphatic hydroxyl groups excluding tert-OH is 1. The van der Waals surface area contributed by atoms with Crippen LogP contribution >= 0.6 is 0 Å². The first-order chi connectivity index (χ1) is 8.68. The number of hydrogen-bond donors (Lipinski definition) is 1. The molecule has 0 aliphatic heterocycles. The van der Waals surface area contributed by atoms with Crippen LogP contribution in [-0.4, -0.2) is 12.2 Å². The summed E-state index contributed by atoms with van der Waals surface area (Å²) < 4.78 is 5.49. The van der Waals surface area contributed by atoms with Crippen molar-refractivity contribution < 1.29 is 9.84 Å². The zero-order valence-electron chi connectivity index (χ0n) is 13.4. The van der Waals surface area contributed by atoms with Gasteiger partial charge in [-0.25, -0.2) is 0 Å². The lowest BCUT2D eigenvalue weighted by molar-refractivity contribution is 0.108. The van der Waals surface area contributed by atoms with Crippen molar-refractivity contribution in [3.05, 3.63) is 28.8 Å². The second-order valence-electron chi connectivity index (χ2n) is 6.65. The maximum Gasteiger partial charge on any atom is 0.127 e. The topological polar surface area (TPSA) is 29.5 Å². The van der Waals surface area contributed by atoms with Gasteiger partial charge in [-0.15, -0.1) is 0 Å². The summed E-state index contributed by atoms with van der Waals surface area (Å²) in [7, 11) is 1.67. The number of aliphatic hydroxyl groups is 1. The van der Waals surface area contributed by atoms with Crippen LogP contribution in [0.4, 0.5) is 0 Å². The Bertz CT molecular complexity index is 430. The first-order valence-corrected chi connectivity index (χ1v) is 7.00. The molecule has 2 nitrogen and oxygen atoms in total. The van der Waals surface area contributed by atoms with Gasteiger partial charge in [-0.2, -0.15) is 0 Å². The minimum absolute atomic E-state index is 0.202. The molecule has 0 fully saturated rings. The van der Waals surface area contributed by atoms with Crippen molar-refractivity contribution in [2.75, 3.05) is 7.11 Å². The van der Waals surface area contributed by atoms with Crippen molar-refractivity contribution in [1.29, 1.82) is 0 Å². The molecule has 2 unspecified atom stereocenters. The van der Waals surface area contributed by atoms with Gasteiger partial charge in [0.2, 0.25) is 0 Å². The van der Waals surface area contributed by atoms with Gasteiger partial charge in [0.1, 0.15) is 5.75 Å². The molecule has 19 heavy (non-hydrogen) atoms. The van der Waals surface area contributed by atoms with E-state index in [1.54, 1.807) is 7.11 Å². The third-order valence-electron chi connectivity index (χ3n) is 4.33. The van der Waals surface area contributed by atoms with Crippen molar-refractivity contribution in [3.63, 3.8) is 0 Å². The zero-order valence-corrected chi connectivity index (χ0v) is 13.4. The van der Waals surface area contributed by atoms with E-state index in [0.29, 0.717) is 5.92 Å². The van der Waals surface area contributed by atoms with E-state index in [9.17, 15) is 5.11 Å². The Balaban J connectivity index is 3.00. The summed E-state index contributed by atoms with van der Waals surface area (Å²) in [5.41, 5.74) is 3.41. The van der Waals surface area contributed by atoms with Crippen LogP contribution in [0.1, 0.15) is 56.9 Å². The third-order valence-corrected chi connectivity index (χ3v) is 4.33. The summed E-state index contributed by atoms with van der Waals surface area (Å²) in [5, 5.41) is 10.5. The second kappa shape index (κ2) is 5.96. The van der Waals surface area contributed by atoms with E-state index in [1.165, 1.54) is 5.56 Å². The largest absolute Gasteiger partial charge is 0.496 e. The quantitative estimate of drug-likeness (QED) is 0.872. The standard InChI is InChI=1S/C17H28O2/c1-11-8-9-14(16(19-7)13(11)3)15(18)10-12(2)17(4,5)6/h8-9,12,15,18H,10H2,1-7H3. The lowest BCUT2D eigenvalue weighted by Gasteiger charge is -2.29. The molecule has 0 radical (unpaired) electrons. The van der Waals surface area contributed by atoms with Crippen LogP contribution in [0.2, 0.25) is 0 Å². The molecule has 0 aliphatic rings. The lowest BCUT2D eigenvalue weighted by atomic mass is 9.78. The second-order valence-corrected chi connectivity index (χ2v) is 6.65. The Morgan fingerprint density at radius 2 is 1.79 bits per heavy atom. The van der Waals surface area contributed by atoms with E-state index in [2.05, 4.69) is 40.7 Å². The van der Waals surface area contributed by atoms with Gasteiger partial charge < -0.3 is 9.84 Å². The summed E-state index contributed by atoms with van der Waals surface area (Å²) in [6, 6.07) is 4.04. The Morgan fingerprint density at radius 3 is 2.26 bits per heavy atom. The minimum atomic E-state index is -0.469. The van der Waals surface area contributed by atoms with Crippen LogP contribution in [0.15, 0.2) is 12.1 Å². The predicted octanol–water partition coefficient (Wildman–Crippen LogP) is 4.42. The summed E-state index contributed by atoms with van der Waals surface area (Å²) >= 11 is 0. The average molecular weight is 264 g/mol. The SMILES string of the molecule is COc1c(C(O)CC(C)C(C)(C)C)ccc(C)c1C. The van der Waals surface area contributed by atoms with Crippen LogP contribution in [0, 0.1) is 25.2 Å². The molecule has 0 aromatic heterocycles. The Labute approximate surface area is 117 Å². The van der Waals surface area contributed by atoms with E-state index in [-0.39, 0.29) is 5.41 Å². The first-order valence-electron chi connectivity index (χ1n) is 7.00. The molecule has 2 heteroatoms. The van der Waals surface area contributed by atoms with Gasteiger partial charge in [-0.05, 0) is 42.7 Å². The fourth-order valence-electron chi connectivity index (χ4n) is 2.16. The first kappa shape index (κ1) is 16.0. The highest BCUT2D eigenvalue weighted by molar-refractivity contribution is 5.46. The van der Waals surface area contributed by atoms with Gasteiger partial charge in [-0.1, -0.05) is 39.8 Å². The molecule has 1 aromatic carbocycles. The van der Waals surface area contributed by atoms with Gasteiger partial charge in [0.15, 0.2) is 0 Å². The summed E-state index contributed by atoms with van der Waals surface area (Å²) in [6.07, 6.45) is 0.283. The van der Waals surface area contributed by atoms with Crippen molar-refractivity contribution in [2.24, 2.45) is 11.3 Å². The minimum Gasteiger partial charge on any atom is -0.496 e. The van der Waals surface area contributed by atoms with Crippen LogP contribution in [0.3, 0.4) is 0 Å². The maximum atomic E-state index is 10.5. The number of aryl methyl sites for hydroxylation is 1. The van der Waals surface area contributed by atoms with Gasteiger partial charge in [0, 0.05) is 5.56 Å². The molecule has 1 N–H and O–H groups in total. The van der Waals surface area contributed by atoms with Crippen LogP contribution in [0.5, 0.6) is 5.75 Å². The number of methoxy groups -OCH3 is 1. The van der Waals surface area contributed by atoms with E-state index >= 15 is 0 Å². The van der Waals surface area contributed by atoms with Gasteiger partial charge >= 0.3 is 0 Å². The summed E-state index contributed by atoms with van der Waals surface area (Å²) in [5.74, 6) is 1.27. The van der Waals surface area contributed by atoms with Gasteiger partial charge in [-0.3, -0.25) is 0 Å². The highest BCUT2D eigenvalue weighted by atomic mass is 16.5. The summed E-state index contributed by atoms with van der Waals surface area (Å²) in [6.45, 7) is 12.9. The highest BCUT2D eigenvalue weighted by Gasteiger charge is 2.25. The van der Waals surface area contributed by atoms with E-state index < -0.39 is 6.10 Å². The average Bonchev–Trinajstić information content (AvgIpc) is 2.30. The monoisotopic (exact) mass is 264 g/mol. The number of rotatable bonds is 4. The van der Waals surface area contributed by atoms with Crippen molar-refractivity contribution in [1.82, 2.24) is 0 Å². The molecule has 2 atom stereocenters. The molecule has 0 bridgehead atoms. The molecule has 0 saturated carbocycles. The normalized spacial score (nSPS) is 15.2. The molecule has 0 amide bonds. The van der Waals surface area contributed by atoms with E-state index in [4.69, 9.17) is 4.74 Å². The smallest absolute Gasteiger partial charge is 0.127 e. The maximum absolute atomic E-state index is 10.5. The highest BCUT2D eigenvalue weighted by Crippen LogP contribution is 2.37. The molecular formula is C17H28O2. The molecular weight excluding hydrogens is 236 g/mol. The fourth-order valence-corrected chi connectivity index (χ4v) is 2.16. The molecule has 0 saturated heterocycles. The number of ether oxygens (including phenoxy) is 1. The number of hydrogen-bond acceptors (Lipinski definition) is 2. The lowest BCUT2D eigenvalue weighted by Crippen LogP contribution is -2.20. The Hall–Kier alpha value is -1.02. The molecule has 0 spiro atoms. The fraction of sp³-hybridized carbons (Fsp3) is 0.647. The third kappa shape index (κ3) is 3.73. The number of benzene rings is 1. The molecule has 1 aromatic rings. The van der Waals surface area contributed by atoms with Crippen LogP contribution in [-0.2, 0) is 0 Å². The van der Waals surface area contributed by atoms with Crippen LogP contribution in [0.25, 0.3) is 0 Å². The molecule has 1 rings (SSSR count). The molecule has 0 heterocycles. The van der Waals surface area contributed by atoms with E-state index in [1.807, 2.05) is 13.0 Å². The Morgan fingerprint density at radius 1 is 1.21 bits per heavy atom. The van der Waals surface area contributed by atoms with Crippen molar-refractivity contribution in [3.8, 4) is 5.75 Å². The Kier molecular flexibility index (Phi) is 5.03. The van der Waals surface area contributed by atoms with Gasteiger partial charge in [0.25, 0.3) is 0 Å². The van der Waals surface area contributed by atoms with Gasteiger partial charge in [0.05, 0.1) is 13.2 Å². The van der Waals surface area contributed by atoms with Crippen molar-refractivity contribution >= 4 is 0 Å². The summed E-state index contributed by atoms with van der Waals surface area (Å²) in [4.78, 5) is 0. The zero-order chi connectivity index (χ0) is 14.8. The molecule has 108 valence electrons. The van der Waals surface area contributed by atoms with Crippen molar-refractivity contribution in [2.45, 2.75) is 54.1 Å². The molecule has 0 aliphatic carbocycles. The predicted molar refractivity (Wildman–Crippen MR) is 80.7 cm³/mol. The van der Waals surface area contributed by atoms with E-state index in [0.717, 1.165) is 23.3 Å². The van der Waals surface area contributed by atoms with Crippen LogP contribution < -0.4 is 4.74 Å².